The largest absolute Gasteiger partial charge is 0.365 e. The second kappa shape index (κ2) is 10.6. The Morgan fingerprint density at radius 1 is 1.02 bits per heavy atom. The molecular formula is C32H28F2N10O. The molecule has 0 spiro atoms. The number of para-hydroxylation sites is 1. The molecule has 0 unspecified atom stereocenters. The summed E-state index contributed by atoms with van der Waals surface area (Å²) in [5, 5.41) is 17.2. The molecule has 2 aliphatic heterocycles. The van der Waals surface area contributed by atoms with Crippen molar-refractivity contribution in [1.82, 2.24) is 39.4 Å². The lowest BCUT2D eigenvalue weighted by Crippen LogP contribution is -2.45. The lowest BCUT2D eigenvalue weighted by atomic mass is 10.1. The molecule has 6 aromatic rings. The number of hydrogen-bond donors (Lipinski definition) is 1. The van der Waals surface area contributed by atoms with Crippen LogP contribution >= 0.6 is 0 Å². The maximum absolute atomic E-state index is 14.7. The average molecular weight is 607 g/mol. The van der Waals surface area contributed by atoms with E-state index in [1.807, 2.05) is 48.6 Å². The Kier molecular flexibility index (Phi) is 6.39. The highest BCUT2D eigenvalue weighted by Gasteiger charge is 2.40. The van der Waals surface area contributed by atoms with Crippen molar-refractivity contribution in [3.8, 4) is 16.9 Å². The lowest BCUT2D eigenvalue weighted by molar-refractivity contribution is -0.131. The van der Waals surface area contributed by atoms with Crippen molar-refractivity contribution in [2.75, 3.05) is 30.4 Å². The Labute approximate surface area is 256 Å². The number of nitrogens with zero attached hydrogens (tertiary/aromatic N) is 9. The van der Waals surface area contributed by atoms with Crippen LogP contribution in [0.2, 0.25) is 0 Å². The van der Waals surface area contributed by atoms with Gasteiger partial charge in [-0.1, -0.05) is 18.2 Å². The number of amides is 1. The maximum atomic E-state index is 14.7. The van der Waals surface area contributed by atoms with Gasteiger partial charge in [-0.15, -0.1) is 5.10 Å². The van der Waals surface area contributed by atoms with E-state index in [0.717, 1.165) is 34.8 Å². The van der Waals surface area contributed by atoms with Crippen LogP contribution in [0.3, 0.4) is 0 Å². The van der Waals surface area contributed by atoms with Crippen LogP contribution in [0.15, 0.2) is 73.3 Å². The predicted octanol–water partition coefficient (Wildman–Crippen LogP) is 4.43. The van der Waals surface area contributed by atoms with E-state index < -0.39 is 17.7 Å². The Morgan fingerprint density at radius 3 is 2.80 bits per heavy atom. The van der Waals surface area contributed by atoms with E-state index in [2.05, 4.69) is 36.2 Å². The molecule has 13 heteroatoms. The highest BCUT2D eigenvalue weighted by atomic mass is 19.1. The van der Waals surface area contributed by atoms with Gasteiger partial charge in [0.05, 0.1) is 46.4 Å². The minimum absolute atomic E-state index is 0.0390. The summed E-state index contributed by atoms with van der Waals surface area (Å²) >= 11 is 0. The van der Waals surface area contributed by atoms with Crippen LogP contribution < -0.4 is 10.2 Å². The van der Waals surface area contributed by atoms with Crippen LogP contribution in [-0.2, 0) is 11.3 Å². The van der Waals surface area contributed by atoms with Gasteiger partial charge >= 0.3 is 0 Å². The summed E-state index contributed by atoms with van der Waals surface area (Å²) in [6.45, 7) is 1.68. The molecule has 226 valence electrons. The second-order valence-electron chi connectivity index (χ2n) is 11.5. The molecule has 4 bridgehead atoms. The molecule has 8 rings (SSSR count). The third-order valence-corrected chi connectivity index (χ3v) is 8.66. The quantitative estimate of drug-likeness (QED) is 0.309. The first-order valence-corrected chi connectivity index (χ1v) is 14.8. The number of pyridine rings is 1. The standard InChI is InChI=1S/C32H28F2N10O/c1-41-11-4-12-42-18-35-25-7-2-5-21(30(25)42)24-6-3-8-29(39-24)38-20-14-27(32(41)45)43(17-20)31-22-15-37-44(28(22)16-36-40-31)26-10-9-19(33)13-23(26)34/h2-3,5-10,13,15-16,18,20,27H,4,11-12,14,17H2,1H3,(H,38,39)/t20-,27-/m0/s1. The zero-order valence-electron chi connectivity index (χ0n) is 24.3. The van der Waals surface area contributed by atoms with Crippen molar-refractivity contribution in [3.05, 3.63) is 85.0 Å². The first kappa shape index (κ1) is 27.1. The van der Waals surface area contributed by atoms with E-state index in [0.29, 0.717) is 48.6 Å². The number of hydrogen-bond acceptors (Lipinski definition) is 8. The number of likely N-dealkylation sites (N-methyl/N-ethyl adjacent to an activating group) is 1. The van der Waals surface area contributed by atoms with Crippen LogP contribution in [0, 0.1) is 11.6 Å². The normalized spacial score (nSPS) is 18.7. The number of nitrogens with one attached hydrogen (secondary N) is 1. The Balaban J connectivity index is 1.19. The van der Waals surface area contributed by atoms with Gasteiger partial charge in [-0.3, -0.25) is 4.79 Å². The summed E-state index contributed by atoms with van der Waals surface area (Å²) < 4.78 is 31.8. The molecule has 0 radical (unpaired) electrons. The number of imidazole rings is 1. The van der Waals surface area contributed by atoms with E-state index in [4.69, 9.17) is 4.98 Å². The fraction of sp³-hybridized carbons (Fsp3) is 0.250. The number of carbonyl (C=O) groups is 1. The predicted molar refractivity (Wildman–Crippen MR) is 165 cm³/mol. The summed E-state index contributed by atoms with van der Waals surface area (Å²) in [5.41, 5.74) is 4.32. The van der Waals surface area contributed by atoms with Crippen molar-refractivity contribution in [2.24, 2.45) is 0 Å². The summed E-state index contributed by atoms with van der Waals surface area (Å²) in [7, 11) is 1.82. The van der Waals surface area contributed by atoms with Crippen molar-refractivity contribution in [2.45, 2.75) is 31.5 Å². The third-order valence-electron chi connectivity index (χ3n) is 8.66. The number of aromatic nitrogens is 7. The molecule has 1 amide bonds. The summed E-state index contributed by atoms with van der Waals surface area (Å²) in [6, 6.07) is 14.6. The van der Waals surface area contributed by atoms with Gasteiger partial charge in [-0.2, -0.15) is 10.2 Å². The van der Waals surface area contributed by atoms with E-state index in [1.165, 1.54) is 23.0 Å². The number of halogens is 2. The van der Waals surface area contributed by atoms with Gasteiger partial charge in [0.15, 0.2) is 11.6 Å². The molecule has 2 aromatic carbocycles. The molecule has 1 saturated heterocycles. The molecule has 4 aromatic heterocycles. The molecule has 6 heterocycles. The fourth-order valence-electron chi connectivity index (χ4n) is 6.53. The van der Waals surface area contributed by atoms with E-state index in [9.17, 15) is 13.6 Å². The summed E-state index contributed by atoms with van der Waals surface area (Å²) in [6.07, 6.45) is 6.15. The molecule has 45 heavy (non-hydrogen) atoms. The Hall–Kier alpha value is -5.46. The molecule has 1 N–H and O–H groups in total. The van der Waals surface area contributed by atoms with Crippen LogP contribution in [0.5, 0.6) is 0 Å². The Bertz CT molecular complexity index is 2090. The number of anilines is 2. The van der Waals surface area contributed by atoms with E-state index in [-0.39, 0.29) is 17.6 Å². The average Bonchev–Trinajstić information content (AvgIpc) is 3.78. The van der Waals surface area contributed by atoms with Crippen molar-refractivity contribution < 1.29 is 13.6 Å². The highest BCUT2D eigenvalue weighted by Crippen LogP contribution is 2.34. The van der Waals surface area contributed by atoms with Crippen LogP contribution in [0.1, 0.15) is 12.8 Å². The molecule has 0 saturated carbocycles. The minimum atomic E-state index is -0.750. The second-order valence-corrected chi connectivity index (χ2v) is 11.5. The van der Waals surface area contributed by atoms with E-state index >= 15 is 0 Å². The SMILES string of the molecule is CN1CCCn2cnc3cccc(c32)-c2cccc(n2)N[C@H]2C[C@@H](C1=O)N(c1nncc3c1cnn3-c1ccc(F)cc1F)C2. The first-order valence-electron chi connectivity index (χ1n) is 14.8. The van der Waals surface area contributed by atoms with Gasteiger partial charge in [0.1, 0.15) is 23.4 Å². The fourth-order valence-corrected chi connectivity index (χ4v) is 6.53. The van der Waals surface area contributed by atoms with Gasteiger partial charge in [0.25, 0.3) is 0 Å². The third kappa shape index (κ3) is 4.62. The lowest BCUT2D eigenvalue weighted by Gasteiger charge is -2.28. The van der Waals surface area contributed by atoms with Crippen molar-refractivity contribution >= 4 is 39.5 Å². The monoisotopic (exact) mass is 606 g/mol. The highest BCUT2D eigenvalue weighted by molar-refractivity contribution is 5.94. The van der Waals surface area contributed by atoms with Gasteiger partial charge < -0.3 is 19.7 Å². The van der Waals surface area contributed by atoms with Gasteiger partial charge in [-0.05, 0) is 43.2 Å². The first-order chi connectivity index (χ1) is 21.9. The topological polar surface area (TPSA) is 110 Å². The molecule has 0 aliphatic carbocycles. The van der Waals surface area contributed by atoms with Crippen molar-refractivity contribution in [3.63, 3.8) is 0 Å². The summed E-state index contributed by atoms with van der Waals surface area (Å²) in [5.74, 6) is -0.304. The number of benzene rings is 2. The smallest absolute Gasteiger partial charge is 0.245 e. The maximum Gasteiger partial charge on any atom is 0.245 e. The minimum Gasteiger partial charge on any atom is -0.365 e. The van der Waals surface area contributed by atoms with Crippen LogP contribution in [0.4, 0.5) is 20.4 Å². The summed E-state index contributed by atoms with van der Waals surface area (Å²) in [4.78, 5) is 27.3. The van der Waals surface area contributed by atoms with Crippen LogP contribution in [0.25, 0.3) is 38.9 Å². The molecule has 2 aliphatic rings. The molecule has 1 fully saturated rings. The zero-order valence-corrected chi connectivity index (χ0v) is 24.3. The van der Waals surface area contributed by atoms with Crippen molar-refractivity contribution in [1.29, 1.82) is 0 Å². The zero-order chi connectivity index (χ0) is 30.7. The number of rotatable bonds is 2. The van der Waals surface area contributed by atoms with Gasteiger partial charge in [-0.25, -0.2) is 23.4 Å². The number of carbonyl (C=O) groups excluding carboxylic acids is 1. The number of fused-ring (bicyclic) bond motifs is 6. The van der Waals surface area contributed by atoms with Gasteiger partial charge in [0, 0.05) is 44.4 Å². The van der Waals surface area contributed by atoms with E-state index in [1.54, 1.807) is 11.1 Å². The Morgan fingerprint density at radius 2 is 1.91 bits per heavy atom. The number of aryl methyl sites for hydroxylation is 1. The molecular weight excluding hydrogens is 578 g/mol. The van der Waals surface area contributed by atoms with Gasteiger partial charge in [0.2, 0.25) is 5.91 Å². The van der Waals surface area contributed by atoms with Crippen LogP contribution in [-0.4, -0.2) is 77.5 Å². The molecule has 2 atom stereocenters. The molecule has 11 nitrogen and oxygen atoms in total.